The van der Waals surface area contributed by atoms with E-state index in [1.807, 2.05) is 14.0 Å². The Kier molecular flexibility index (Phi) is 3.14. The van der Waals surface area contributed by atoms with Crippen LogP contribution in [0.1, 0.15) is 36.6 Å². The zero-order valence-electron chi connectivity index (χ0n) is 11.7. The first kappa shape index (κ1) is 12.4. The Labute approximate surface area is 113 Å². The van der Waals surface area contributed by atoms with Crippen molar-refractivity contribution >= 4 is 11.0 Å². The summed E-state index contributed by atoms with van der Waals surface area (Å²) in [6, 6.07) is 0.863. The monoisotopic (exact) mass is 260 g/mol. The van der Waals surface area contributed by atoms with E-state index < -0.39 is 0 Å². The first-order valence-corrected chi connectivity index (χ1v) is 6.81. The number of nitrogens with one attached hydrogen (secondary N) is 1. The van der Waals surface area contributed by atoms with Crippen LogP contribution < -0.4 is 10.1 Å². The summed E-state index contributed by atoms with van der Waals surface area (Å²) in [6.45, 7) is 3.12. The van der Waals surface area contributed by atoms with Gasteiger partial charge in [0.2, 0.25) is 0 Å². The average Bonchev–Trinajstić information content (AvgIpc) is 2.78. The summed E-state index contributed by atoms with van der Waals surface area (Å²) < 4.78 is 7.23. The number of ether oxygens (including phenoxy) is 1. The summed E-state index contributed by atoms with van der Waals surface area (Å²) in [5, 5.41) is 4.77. The van der Waals surface area contributed by atoms with Gasteiger partial charge >= 0.3 is 6.01 Å². The number of aromatic nitrogens is 3. The van der Waals surface area contributed by atoms with E-state index in [1.54, 1.807) is 7.11 Å². The standard InChI is InChI=1S/C14H20N4O/c1-9-12-10(11-6-4-5-7-15-11)8-18(2)13(12)17-14(16-9)19-3/h8,11,15H,4-7H2,1-3H3. The first-order valence-electron chi connectivity index (χ1n) is 6.81. The third-order valence-corrected chi connectivity index (χ3v) is 3.87. The number of piperidine rings is 1. The van der Waals surface area contributed by atoms with Crippen LogP contribution in [0.4, 0.5) is 0 Å². The predicted octanol–water partition coefficient (Wildman–Crippen LogP) is 2.10. The second-order valence-electron chi connectivity index (χ2n) is 5.19. The van der Waals surface area contributed by atoms with Gasteiger partial charge in [0.1, 0.15) is 5.65 Å². The van der Waals surface area contributed by atoms with Gasteiger partial charge in [0.15, 0.2) is 0 Å². The quantitative estimate of drug-likeness (QED) is 0.898. The third kappa shape index (κ3) is 2.08. The van der Waals surface area contributed by atoms with Crippen molar-refractivity contribution in [3.63, 3.8) is 0 Å². The molecule has 102 valence electrons. The van der Waals surface area contributed by atoms with Gasteiger partial charge in [-0.15, -0.1) is 0 Å². The molecule has 1 atom stereocenters. The first-order chi connectivity index (χ1) is 9.20. The molecule has 0 spiro atoms. The molecule has 1 saturated heterocycles. The highest BCUT2D eigenvalue weighted by Gasteiger charge is 2.22. The molecule has 1 aliphatic rings. The molecule has 0 aliphatic carbocycles. The number of rotatable bonds is 2. The van der Waals surface area contributed by atoms with Gasteiger partial charge in [-0.25, -0.2) is 0 Å². The second kappa shape index (κ2) is 4.81. The van der Waals surface area contributed by atoms with Crippen molar-refractivity contribution in [1.29, 1.82) is 0 Å². The highest BCUT2D eigenvalue weighted by Crippen LogP contribution is 2.32. The second-order valence-corrected chi connectivity index (χ2v) is 5.19. The minimum Gasteiger partial charge on any atom is -0.467 e. The molecule has 19 heavy (non-hydrogen) atoms. The SMILES string of the molecule is COc1nc(C)c2c(C3CCCCN3)cn(C)c2n1. The van der Waals surface area contributed by atoms with Crippen molar-refractivity contribution in [1.82, 2.24) is 19.9 Å². The maximum absolute atomic E-state index is 5.16. The van der Waals surface area contributed by atoms with Gasteiger partial charge in [-0.3, -0.25) is 0 Å². The van der Waals surface area contributed by atoms with Gasteiger partial charge in [0, 0.05) is 24.7 Å². The summed E-state index contributed by atoms with van der Waals surface area (Å²) in [4.78, 5) is 8.89. The number of methoxy groups -OCH3 is 1. The molecule has 3 rings (SSSR count). The third-order valence-electron chi connectivity index (χ3n) is 3.87. The highest BCUT2D eigenvalue weighted by atomic mass is 16.5. The predicted molar refractivity (Wildman–Crippen MR) is 74.4 cm³/mol. The largest absolute Gasteiger partial charge is 0.467 e. The van der Waals surface area contributed by atoms with Gasteiger partial charge in [-0.2, -0.15) is 9.97 Å². The lowest BCUT2D eigenvalue weighted by Crippen LogP contribution is -2.26. The number of hydrogen-bond acceptors (Lipinski definition) is 4. The fourth-order valence-corrected chi connectivity index (χ4v) is 2.93. The lowest BCUT2D eigenvalue weighted by Gasteiger charge is -2.23. The van der Waals surface area contributed by atoms with Crippen LogP contribution in [0.2, 0.25) is 0 Å². The molecule has 0 amide bonds. The van der Waals surface area contributed by atoms with Crippen LogP contribution >= 0.6 is 0 Å². The van der Waals surface area contributed by atoms with Crippen LogP contribution in [-0.2, 0) is 7.05 Å². The van der Waals surface area contributed by atoms with Crippen LogP contribution in [-0.4, -0.2) is 28.2 Å². The molecule has 3 heterocycles. The smallest absolute Gasteiger partial charge is 0.318 e. The van der Waals surface area contributed by atoms with Gasteiger partial charge < -0.3 is 14.6 Å². The van der Waals surface area contributed by atoms with Crippen LogP contribution in [0.15, 0.2) is 6.20 Å². The maximum Gasteiger partial charge on any atom is 0.318 e. The van der Waals surface area contributed by atoms with Crippen LogP contribution in [0, 0.1) is 6.92 Å². The van der Waals surface area contributed by atoms with E-state index in [-0.39, 0.29) is 0 Å². The van der Waals surface area contributed by atoms with Crippen molar-refractivity contribution in [2.24, 2.45) is 7.05 Å². The Morgan fingerprint density at radius 3 is 2.89 bits per heavy atom. The minimum absolute atomic E-state index is 0.424. The number of hydrogen-bond donors (Lipinski definition) is 1. The molecule has 5 nitrogen and oxygen atoms in total. The fraction of sp³-hybridized carbons (Fsp3) is 0.571. The number of nitrogens with zero attached hydrogens (tertiary/aromatic N) is 3. The molecule has 0 radical (unpaired) electrons. The van der Waals surface area contributed by atoms with E-state index in [9.17, 15) is 0 Å². The van der Waals surface area contributed by atoms with E-state index in [0.717, 1.165) is 17.9 Å². The van der Waals surface area contributed by atoms with E-state index in [2.05, 4.69) is 26.0 Å². The Morgan fingerprint density at radius 2 is 2.21 bits per heavy atom. The summed E-state index contributed by atoms with van der Waals surface area (Å²) in [7, 11) is 3.63. The number of fused-ring (bicyclic) bond motifs is 1. The average molecular weight is 260 g/mol. The van der Waals surface area contributed by atoms with Crippen LogP contribution in [0.3, 0.4) is 0 Å². The van der Waals surface area contributed by atoms with Gasteiger partial charge in [0.05, 0.1) is 12.8 Å². The normalized spacial score (nSPS) is 19.8. The molecular weight excluding hydrogens is 240 g/mol. The van der Waals surface area contributed by atoms with Crippen LogP contribution in [0.25, 0.3) is 11.0 Å². The summed E-state index contributed by atoms with van der Waals surface area (Å²) in [6.07, 6.45) is 5.91. The van der Waals surface area contributed by atoms with E-state index >= 15 is 0 Å². The lowest BCUT2D eigenvalue weighted by molar-refractivity contribution is 0.380. The Hall–Kier alpha value is -1.62. The molecule has 0 bridgehead atoms. The molecule has 5 heteroatoms. The molecule has 1 N–H and O–H groups in total. The number of aryl methyl sites for hydroxylation is 2. The lowest BCUT2D eigenvalue weighted by atomic mass is 9.97. The molecule has 0 aromatic carbocycles. The molecular formula is C14H20N4O. The summed E-state index contributed by atoms with van der Waals surface area (Å²) in [5.41, 5.74) is 3.26. The van der Waals surface area contributed by atoms with Crippen molar-refractivity contribution in [3.8, 4) is 6.01 Å². The van der Waals surface area contributed by atoms with Crippen LogP contribution in [0.5, 0.6) is 6.01 Å². The summed E-state index contributed by atoms with van der Waals surface area (Å²) >= 11 is 0. The Morgan fingerprint density at radius 1 is 1.37 bits per heavy atom. The van der Waals surface area contributed by atoms with E-state index in [4.69, 9.17) is 4.74 Å². The van der Waals surface area contributed by atoms with Crippen molar-refractivity contribution in [2.75, 3.05) is 13.7 Å². The minimum atomic E-state index is 0.424. The zero-order chi connectivity index (χ0) is 13.4. The highest BCUT2D eigenvalue weighted by molar-refractivity contribution is 5.83. The molecule has 2 aromatic heterocycles. The van der Waals surface area contributed by atoms with E-state index in [0.29, 0.717) is 12.1 Å². The topological polar surface area (TPSA) is 52.0 Å². The molecule has 0 saturated carbocycles. The summed E-state index contributed by atoms with van der Waals surface area (Å²) in [5.74, 6) is 0. The Bertz CT molecular complexity index is 599. The van der Waals surface area contributed by atoms with Crippen molar-refractivity contribution in [3.05, 3.63) is 17.5 Å². The Balaban J connectivity index is 2.15. The van der Waals surface area contributed by atoms with Crippen molar-refractivity contribution < 1.29 is 4.74 Å². The van der Waals surface area contributed by atoms with Gasteiger partial charge in [-0.1, -0.05) is 6.42 Å². The van der Waals surface area contributed by atoms with Crippen molar-refractivity contribution in [2.45, 2.75) is 32.2 Å². The molecule has 2 aromatic rings. The van der Waals surface area contributed by atoms with Gasteiger partial charge in [0.25, 0.3) is 0 Å². The molecule has 1 aliphatic heterocycles. The molecule has 1 unspecified atom stereocenters. The van der Waals surface area contributed by atoms with Gasteiger partial charge in [-0.05, 0) is 31.9 Å². The zero-order valence-corrected chi connectivity index (χ0v) is 11.7. The maximum atomic E-state index is 5.16. The fourth-order valence-electron chi connectivity index (χ4n) is 2.93. The van der Waals surface area contributed by atoms with E-state index in [1.165, 1.54) is 30.2 Å². The molecule has 1 fully saturated rings.